The molecular weight excluding hydrogens is 408 g/mol. The minimum Gasteiger partial charge on any atom is -0.336 e. The molecule has 0 bridgehead atoms. The van der Waals surface area contributed by atoms with Gasteiger partial charge in [-0.25, -0.2) is 0 Å². The van der Waals surface area contributed by atoms with Crippen molar-refractivity contribution in [1.29, 1.82) is 0 Å². The summed E-state index contributed by atoms with van der Waals surface area (Å²) in [6, 6.07) is 7.12. The Kier molecular flexibility index (Phi) is 6.21. The predicted octanol–water partition coefficient (Wildman–Crippen LogP) is 3.60. The minimum absolute atomic E-state index is 0.0348. The van der Waals surface area contributed by atoms with Crippen molar-refractivity contribution in [2.75, 3.05) is 7.05 Å². The van der Waals surface area contributed by atoms with Crippen LogP contribution in [0.1, 0.15) is 39.9 Å². The number of hydrogen-bond acceptors (Lipinski definition) is 5. The van der Waals surface area contributed by atoms with Crippen LogP contribution in [-0.2, 0) is 19.6 Å². The molecule has 9 nitrogen and oxygen atoms in total. The Labute approximate surface area is 179 Å². The summed E-state index contributed by atoms with van der Waals surface area (Å²) in [6.07, 6.45) is 1.74. The third-order valence-corrected chi connectivity index (χ3v) is 5.22. The van der Waals surface area contributed by atoms with Crippen LogP contribution in [0.3, 0.4) is 0 Å². The van der Waals surface area contributed by atoms with Crippen molar-refractivity contribution in [3.63, 3.8) is 0 Å². The molecule has 0 radical (unpaired) electrons. The molecule has 3 rings (SSSR count). The van der Waals surface area contributed by atoms with Gasteiger partial charge in [-0.15, -0.1) is 0 Å². The average Bonchev–Trinajstić information content (AvgIpc) is 3.20. The molecule has 2 heterocycles. The minimum atomic E-state index is -0.415. The Morgan fingerprint density at radius 1 is 1.23 bits per heavy atom. The third kappa shape index (κ3) is 4.35. The number of rotatable bonds is 7. The number of carbonyl (C=O) groups is 1. The Bertz CT molecular complexity index is 1090. The zero-order valence-corrected chi connectivity index (χ0v) is 18.0. The first kappa shape index (κ1) is 21.5. The number of halogens is 1. The molecule has 1 aromatic carbocycles. The highest BCUT2D eigenvalue weighted by atomic mass is 35.5. The van der Waals surface area contributed by atoms with Crippen molar-refractivity contribution in [3.8, 4) is 0 Å². The Morgan fingerprint density at radius 2 is 1.90 bits per heavy atom. The molecule has 0 N–H and O–H groups in total. The lowest BCUT2D eigenvalue weighted by Gasteiger charge is -2.16. The normalized spacial score (nSPS) is 11.0. The van der Waals surface area contributed by atoms with Crippen molar-refractivity contribution in [2.45, 2.75) is 40.4 Å². The summed E-state index contributed by atoms with van der Waals surface area (Å²) in [5.41, 5.74) is 2.99. The quantitative estimate of drug-likeness (QED) is 0.421. The summed E-state index contributed by atoms with van der Waals surface area (Å²) >= 11 is 6.19. The third-order valence-electron chi connectivity index (χ3n) is 4.90. The van der Waals surface area contributed by atoms with E-state index in [1.165, 1.54) is 0 Å². The van der Waals surface area contributed by atoms with Gasteiger partial charge in [-0.1, -0.05) is 23.7 Å². The van der Waals surface area contributed by atoms with E-state index in [4.69, 9.17) is 11.6 Å². The maximum atomic E-state index is 12.7. The van der Waals surface area contributed by atoms with E-state index in [-0.39, 0.29) is 11.6 Å². The van der Waals surface area contributed by atoms with Crippen LogP contribution in [-0.4, -0.2) is 42.3 Å². The van der Waals surface area contributed by atoms with E-state index in [1.54, 1.807) is 53.5 Å². The van der Waals surface area contributed by atoms with Crippen LogP contribution < -0.4 is 0 Å². The number of nitrogens with zero attached hydrogens (tertiary/aromatic N) is 6. The number of amides is 1. The van der Waals surface area contributed by atoms with E-state index in [0.29, 0.717) is 47.3 Å². The number of aryl methyl sites for hydroxylation is 2. The summed E-state index contributed by atoms with van der Waals surface area (Å²) in [6.45, 7) is 6.66. The van der Waals surface area contributed by atoms with Gasteiger partial charge < -0.3 is 4.90 Å². The lowest BCUT2D eigenvalue weighted by Crippen LogP contribution is -2.26. The zero-order valence-electron chi connectivity index (χ0n) is 17.3. The van der Waals surface area contributed by atoms with Gasteiger partial charge in [0.05, 0.1) is 23.0 Å². The molecule has 0 fully saturated rings. The van der Waals surface area contributed by atoms with Crippen LogP contribution in [0.5, 0.6) is 0 Å². The first-order chi connectivity index (χ1) is 14.2. The highest BCUT2D eigenvalue weighted by Gasteiger charge is 2.22. The summed E-state index contributed by atoms with van der Waals surface area (Å²) in [7, 11) is 1.70. The van der Waals surface area contributed by atoms with Crippen molar-refractivity contribution in [3.05, 3.63) is 73.8 Å². The average molecular weight is 431 g/mol. The molecule has 0 aliphatic rings. The highest BCUT2D eigenvalue weighted by Crippen LogP contribution is 2.23. The number of benzene rings is 1. The Hall–Kier alpha value is -3.20. The van der Waals surface area contributed by atoms with Crippen LogP contribution in [0.25, 0.3) is 0 Å². The Morgan fingerprint density at radius 3 is 2.43 bits per heavy atom. The van der Waals surface area contributed by atoms with E-state index >= 15 is 0 Å². The second-order valence-corrected chi connectivity index (χ2v) is 7.48. The molecule has 0 aliphatic heterocycles. The highest BCUT2D eigenvalue weighted by molar-refractivity contribution is 6.31. The maximum Gasteiger partial charge on any atom is 0.312 e. The van der Waals surface area contributed by atoms with Gasteiger partial charge in [0.1, 0.15) is 17.1 Å². The van der Waals surface area contributed by atoms with Crippen LogP contribution in [0, 0.1) is 24.0 Å². The molecule has 0 aliphatic carbocycles. The molecule has 158 valence electrons. The molecular formula is C20H23ClN6O3. The molecule has 30 heavy (non-hydrogen) atoms. The van der Waals surface area contributed by atoms with E-state index in [9.17, 15) is 14.9 Å². The van der Waals surface area contributed by atoms with Crippen molar-refractivity contribution >= 4 is 23.2 Å². The first-order valence-electron chi connectivity index (χ1n) is 9.45. The molecule has 3 aromatic rings. The van der Waals surface area contributed by atoms with E-state index < -0.39 is 4.92 Å². The van der Waals surface area contributed by atoms with Crippen LogP contribution in [0.15, 0.2) is 30.5 Å². The van der Waals surface area contributed by atoms with E-state index in [2.05, 4.69) is 10.2 Å². The van der Waals surface area contributed by atoms with Crippen molar-refractivity contribution in [1.82, 2.24) is 24.5 Å². The van der Waals surface area contributed by atoms with Gasteiger partial charge in [0.25, 0.3) is 5.91 Å². The summed E-state index contributed by atoms with van der Waals surface area (Å²) in [5.74, 6) is -0.148. The molecule has 1 amide bonds. The topological polar surface area (TPSA) is 99.1 Å². The predicted molar refractivity (Wildman–Crippen MR) is 113 cm³/mol. The zero-order chi connectivity index (χ0) is 22.0. The van der Waals surface area contributed by atoms with E-state index in [1.807, 2.05) is 19.1 Å². The van der Waals surface area contributed by atoms with Gasteiger partial charge in [-0.3, -0.25) is 24.3 Å². The fourth-order valence-electron chi connectivity index (χ4n) is 3.25. The second kappa shape index (κ2) is 8.66. The molecule has 0 unspecified atom stereocenters. The standard InChI is InChI=1S/C20H23ClN6O3/c1-5-25-11-17(21)18(23-25)12-24(4)20(28)16-8-6-15(7-9-16)10-26-14(3)19(27(29)30)13(2)22-26/h6-9,11H,5,10,12H2,1-4H3. The van der Waals surface area contributed by atoms with Crippen LogP contribution in [0.2, 0.25) is 5.02 Å². The van der Waals surface area contributed by atoms with Crippen LogP contribution in [0.4, 0.5) is 5.69 Å². The van der Waals surface area contributed by atoms with E-state index in [0.717, 1.165) is 5.56 Å². The fourth-order valence-corrected chi connectivity index (χ4v) is 3.46. The summed E-state index contributed by atoms with van der Waals surface area (Å²) in [5, 5.41) is 20.3. The van der Waals surface area contributed by atoms with Gasteiger partial charge in [-0.2, -0.15) is 10.2 Å². The SMILES string of the molecule is CCn1cc(Cl)c(CN(C)C(=O)c2ccc(Cn3nc(C)c([N+](=O)[O-])c3C)cc2)n1. The smallest absolute Gasteiger partial charge is 0.312 e. The molecule has 10 heteroatoms. The monoisotopic (exact) mass is 430 g/mol. The van der Waals surface area contributed by atoms with Gasteiger partial charge in [-0.05, 0) is 38.5 Å². The molecule has 0 spiro atoms. The Balaban J connectivity index is 1.70. The molecule has 0 saturated heterocycles. The molecule has 0 atom stereocenters. The number of nitro groups is 1. The first-order valence-corrected chi connectivity index (χ1v) is 9.83. The lowest BCUT2D eigenvalue weighted by molar-refractivity contribution is -0.386. The number of aromatic nitrogens is 4. The second-order valence-electron chi connectivity index (χ2n) is 7.07. The van der Waals surface area contributed by atoms with Crippen LogP contribution >= 0.6 is 11.6 Å². The fraction of sp³-hybridized carbons (Fsp3) is 0.350. The molecule has 0 saturated carbocycles. The summed E-state index contributed by atoms with van der Waals surface area (Å²) < 4.78 is 3.33. The lowest BCUT2D eigenvalue weighted by atomic mass is 10.1. The van der Waals surface area contributed by atoms with Gasteiger partial charge >= 0.3 is 5.69 Å². The van der Waals surface area contributed by atoms with Crippen molar-refractivity contribution < 1.29 is 9.72 Å². The molecule has 2 aromatic heterocycles. The largest absolute Gasteiger partial charge is 0.336 e. The van der Waals surface area contributed by atoms with Crippen molar-refractivity contribution in [2.24, 2.45) is 0 Å². The van der Waals surface area contributed by atoms with Gasteiger partial charge in [0.15, 0.2) is 0 Å². The van der Waals surface area contributed by atoms with Gasteiger partial charge in [0.2, 0.25) is 0 Å². The maximum absolute atomic E-state index is 12.7. The van der Waals surface area contributed by atoms with Gasteiger partial charge in [0, 0.05) is 25.4 Å². The summed E-state index contributed by atoms with van der Waals surface area (Å²) in [4.78, 5) is 25.0. The number of carbonyl (C=O) groups excluding carboxylic acids is 1. The number of hydrogen-bond donors (Lipinski definition) is 0.